The predicted octanol–water partition coefficient (Wildman–Crippen LogP) is 4.45. The van der Waals surface area contributed by atoms with Gasteiger partial charge in [0.15, 0.2) is 5.41 Å². The van der Waals surface area contributed by atoms with Gasteiger partial charge >= 0.3 is 11.9 Å². The van der Waals surface area contributed by atoms with Gasteiger partial charge in [0.25, 0.3) is 5.91 Å². The van der Waals surface area contributed by atoms with Crippen LogP contribution in [-0.4, -0.2) is 46.8 Å². The molecule has 0 bridgehead atoms. The third-order valence-corrected chi connectivity index (χ3v) is 7.38. The van der Waals surface area contributed by atoms with Gasteiger partial charge in [-0.25, -0.2) is 0 Å². The Morgan fingerprint density at radius 3 is 2.28 bits per heavy atom. The fraction of sp³-hybridized carbons (Fsp3) is 0.250. The van der Waals surface area contributed by atoms with Crippen LogP contribution in [0.4, 0.5) is 0 Å². The molecule has 0 fully saturated rings. The monoisotopic (exact) mass is 487 g/mol. The van der Waals surface area contributed by atoms with Crippen molar-refractivity contribution >= 4 is 39.5 Å². The number of rotatable bonds is 5. The molecule has 0 amide bonds. The maximum absolute atomic E-state index is 14.2. The quantitative estimate of drug-likeness (QED) is 0.400. The average Bonchev–Trinajstić information content (AvgIpc) is 3.20. The largest absolute Gasteiger partial charge is 0.496 e. The van der Waals surface area contributed by atoms with E-state index in [1.165, 1.54) is 0 Å². The molecule has 36 heavy (non-hydrogen) atoms. The Balaban J connectivity index is 1.77. The van der Waals surface area contributed by atoms with E-state index in [9.17, 15) is 24.6 Å². The van der Waals surface area contributed by atoms with Crippen LogP contribution in [0.5, 0.6) is 11.5 Å². The predicted molar refractivity (Wildman–Crippen MR) is 133 cm³/mol. The van der Waals surface area contributed by atoms with Gasteiger partial charge in [-0.15, -0.1) is 0 Å². The van der Waals surface area contributed by atoms with Crippen LogP contribution in [0, 0.1) is 12.3 Å². The van der Waals surface area contributed by atoms with Crippen LogP contribution >= 0.6 is 0 Å². The number of carboxylic acid groups (broad SMARTS) is 2. The molecule has 2 N–H and O–H groups in total. The molecule has 0 saturated carbocycles. The van der Waals surface area contributed by atoms with Crippen LogP contribution in [0.15, 0.2) is 48.5 Å². The maximum Gasteiger partial charge on any atom is 0.321 e. The van der Waals surface area contributed by atoms with Gasteiger partial charge in [-0.2, -0.15) is 0 Å². The highest BCUT2D eigenvalue weighted by Crippen LogP contribution is 2.42. The first kappa shape index (κ1) is 23.4. The molecule has 0 atom stereocenters. The molecule has 1 aliphatic rings. The molecular weight excluding hydrogens is 462 g/mol. The lowest BCUT2D eigenvalue weighted by Gasteiger charge is -2.30. The molecule has 3 aromatic carbocycles. The zero-order valence-corrected chi connectivity index (χ0v) is 20.1. The maximum atomic E-state index is 14.2. The fourth-order valence-corrected chi connectivity index (χ4v) is 5.48. The molecule has 184 valence electrons. The molecule has 4 aromatic rings. The van der Waals surface area contributed by atoms with Crippen molar-refractivity contribution < 1.29 is 34.1 Å². The minimum Gasteiger partial charge on any atom is -0.496 e. The summed E-state index contributed by atoms with van der Waals surface area (Å²) < 4.78 is 12.8. The molecular formula is C28H25NO7. The first-order valence-electron chi connectivity index (χ1n) is 11.5. The zero-order valence-electron chi connectivity index (χ0n) is 20.1. The first-order valence-corrected chi connectivity index (χ1v) is 11.5. The number of methoxy groups -OCH3 is 2. The third-order valence-electron chi connectivity index (χ3n) is 7.38. The van der Waals surface area contributed by atoms with Crippen LogP contribution < -0.4 is 9.47 Å². The van der Waals surface area contributed by atoms with E-state index in [0.717, 1.165) is 10.8 Å². The zero-order chi connectivity index (χ0) is 25.8. The fourth-order valence-electron chi connectivity index (χ4n) is 5.48. The number of hydrogen-bond acceptors (Lipinski definition) is 5. The highest BCUT2D eigenvalue weighted by molar-refractivity contribution is 6.09. The number of aliphatic carboxylic acids is 2. The van der Waals surface area contributed by atoms with Gasteiger partial charge in [0.2, 0.25) is 0 Å². The van der Waals surface area contributed by atoms with Crippen molar-refractivity contribution in [2.75, 3.05) is 14.2 Å². The standard InChI is InChI=1S/C28H25NO7/c1-15-18(13-19-17(24(15)36-3)8-6-10-23(19)35-2)25(30)29-21-9-5-4-7-16(21)20-14-28(26(31)32,27(33)34)12-11-22(20)29/h4-10,13H,11-12,14H2,1-3H3,(H,31,32)(H,33,34). The van der Waals surface area contributed by atoms with Crippen molar-refractivity contribution in [1.29, 1.82) is 0 Å². The van der Waals surface area contributed by atoms with Gasteiger partial charge < -0.3 is 19.7 Å². The number of nitrogens with zero attached hydrogens (tertiary/aromatic N) is 1. The number of carbonyl (C=O) groups excluding carboxylic acids is 1. The second-order valence-corrected chi connectivity index (χ2v) is 9.09. The number of carbonyl (C=O) groups is 3. The number of aromatic nitrogens is 1. The average molecular weight is 488 g/mol. The normalized spacial score (nSPS) is 14.4. The minimum atomic E-state index is -1.93. The van der Waals surface area contributed by atoms with Gasteiger partial charge in [-0.1, -0.05) is 30.3 Å². The molecule has 1 aromatic heterocycles. The molecule has 1 aliphatic carbocycles. The Labute approximate surface area is 206 Å². The minimum absolute atomic E-state index is 0.109. The van der Waals surface area contributed by atoms with E-state index >= 15 is 0 Å². The summed E-state index contributed by atoms with van der Waals surface area (Å²) in [6.45, 7) is 1.82. The Morgan fingerprint density at radius 2 is 1.61 bits per heavy atom. The number of ether oxygens (including phenoxy) is 2. The van der Waals surface area contributed by atoms with E-state index in [2.05, 4.69) is 0 Å². The van der Waals surface area contributed by atoms with Crippen molar-refractivity contribution in [1.82, 2.24) is 4.57 Å². The first-order chi connectivity index (χ1) is 17.2. The smallest absolute Gasteiger partial charge is 0.321 e. The van der Waals surface area contributed by atoms with Crippen molar-refractivity contribution in [2.24, 2.45) is 5.41 Å². The van der Waals surface area contributed by atoms with E-state index in [4.69, 9.17) is 9.47 Å². The van der Waals surface area contributed by atoms with E-state index < -0.39 is 17.4 Å². The van der Waals surface area contributed by atoms with Crippen LogP contribution in [-0.2, 0) is 22.4 Å². The summed E-state index contributed by atoms with van der Waals surface area (Å²) in [4.78, 5) is 38.3. The third kappa shape index (κ3) is 3.17. The second kappa shape index (κ2) is 8.41. The lowest BCUT2D eigenvalue weighted by Crippen LogP contribution is -2.44. The molecule has 0 spiro atoms. The van der Waals surface area contributed by atoms with Gasteiger partial charge in [0.05, 0.1) is 19.7 Å². The van der Waals surface area contributed by atoms with Gasteiger partial charge in [0.1, 0.15) is 11.5 Å². The summed E-state index contributed by atoms with van der Waals surface area (Å²) in [6, 6.07) is 14.6. The van der Waals surface area contributed by atoms with E-state index in [1.54, 1.807) is 49.1 Å². The Bertz CT molecular complexity index is 1570. The van der Waals surface area contributed by atoms with Crippen LogP contribution in [0.3, 0.4) is 0 Å². The summed E-state index contributed by atoms with van der Waals surface area (Å²) in [5.41, 5.74) is 0.977. The summed E-state index contributed by atoms with van der Waals surface area (Å²) >= 11 is 0. The SMILES string of the molecule is COc1cccc2c(OC)c(C)c(C(=O)n3c4c(c5ccccc53)CC(C(=O)O)(C(=O)O)CC4)cc12. The number of fused-ring (bicyclic) bond motifs is 4. The summed E-state index contributed by atoms with van der Waals surface area (Å²) in [5, 5.41) is 21.9. The van der Waals surface area contributed by atoms with E-state index in [1.807, 2.05) is 25.1 Å². The molecule has 0 radical (unpaired) electrons. The van der Waals surface area contributed by atoms with Crippen molar-refractivity contribution in [3.8, 4) is 11.5 Å². The highest BCUT2D eigenvalue weighted by atomic mass is 16.5. The Morgan fingerprint density at radius 1 is 0.917 bits per heavy atom. The van der Waals surface area contributed by atoms with Crippen molar-refractivity contribution in [2.45, 2.75) is 26.2 Å². The molecule has 0 unspecified atom stereocenters. The van der Waals surface area contributed by atoms with E-state index in [-0.39, 0.29) is 25.2 Å². The van der Waals surface area contributed by atoms with Gasteiger partial charge in [-0.05, 0) is 43.5 Å². The lowest BCUT2D eigenvalue weighted by molar-refractivity contribution is -0.165. The van der Waals surface area contributed by atoms with Crippen molar-refractivity contribution in [3.63, 3.8) is 0 Å². The topological polar surface area (TPSA) is 115 Å². The number of carboxylic acids is 2. The Kier molecular flexibility index (Phi) is 5.47. The highest BCUT2D eigenvalue weighted by Gasteiger charge is 2.50. The lowest BCUT2D eigenvalue weighted by atomic mass is 9.72. The molecule has 5 rings (SSSR count). The number of para-hydroxylation sites is 1. The molecule has 1 heterocycles. The van der Waals surface area contributed by atoms with Gasteiger partial charge in [-0.3, -0.25) is 19.0 Å². The molecule has 0 aliphatic heterocycles. The summed E-state index contributed by atoms with van der Waals surface area (Å²) in [5.74, 6) is -1.87. The summed E-state index contributed by atoms with van der Waals surface area (Å²) in [6.07, 6.45) is -0.162. The second-order valence-electron chi connectivity index (χ2n) is 9.09. The number of benzene rings is 3. The molecule has 8 heteroatoms. The van der Waals surface area contributed by atoms with Crippen LogP contribution in [0.25, 0.3) is 21.7 Å². The summed E-state index contributed by atoms with van der Waals surface area (Å²) in [7, 11) is 3.12. The number of hydrogen-bond donors (Lipinski definition) is 2. The van der Waals surface area contributed by atoms with Crippen LogP contribution in [0.1, 0.15) is 33.6 Å². The Hall–Kier alpha value is -4.33. The van der Waals surface area contributed by atoms with Crippen LogP contribution in [0.2, 0.25) is 0 Å². The van der Waals surface area contributed by atoms with E-state index in [0.29, 0.717) is 44.8 Å². The molecule has 0 saturated heterocycles. The van der Waals surface area contributed by atoms with Crippen molar-refractivity contribution in [3.05, 3.63) is 70.9 Å². The molecule has 8 nitrogen and oxygen atoms in total. The van der Waals surface area contributed by atoms with Gasteiger partial charge in [0, 0.05) is 39.4 Å².